The first-order valence-corrected chi connectivity index (χ1v) is 5.79. The Morgan fingerprint density at radius 3 is 2.36 bits per heavy atom. The molecule has 2 rings (SSSR count). The van der Waals surface area contributed by atoms with Gasteiger partial charge in [0.15, 0.2) is 0 Å². The van der Waals surface area contributed by atoms with Crippen LogP contribution >= 0.6 is 0 Å². The first kappa shape index (κ1) is 13.2. The van der Waals surface area contributed by atoms with Crippen LogP contribution in [0.2, 0.25) is 0 Å². The molecule has 2 unspecified atom stereocenters. The standard InChI is InChI=1S/C9H11N.2C2H6/c1-7-6-8-4-2-3-5-9(8)10-7;2*1-2/h2-5,7-8H,6H2,1H3;2*1-2H3. The SMILES string of the molecule is CC.CC.CC1CC2C=CC=CC2=N1. The number of fused-ring (bicyclic) bond motifs is 1. The molecule has 1 aliphatic carbocycles. The highest BCUT2D eigenvalue weighted by Crippen LogP contribution is 2.23. The zero-order valence-corrected chi connectivity index (χ0v) is 10.1. The van der Waals surface area contributed by atoms with E-state index in [1.54, 1.807) is 0 Å². The van der Waals surface area contributed by atoms with Gasteiger partial charge in [-0.3, -0.25) is 4.99 Å². The quantitative estimate of drug-likeness (QED) is 0.551. The van der Waals surface area contributed by atoms with Crippen molar-refractivity contribution in [3.05, 3.63) is 24.3 Å². The average Bonchev–Trinajstić information content (AvgIpc) is 2.64. The maximum atomic E-state index is 4.49. The topological polar surface area (TPSA) is 12.4 Å². The summed E-state index contributed by atoms with van der Waals surface area (Å²) in [7, 11) is 0. The number of hydrogen-bond acceptors (Lipinski definition) is 1. The molecule has 0 saturated carbocycles. The van der Waals surface area contributed by atoms with E-state index in [1.807, 2.05) is 27.7 Å². The number of hydrogen-bond donors (Lipinski definition) is 0. The van der Waals surface area contributed by atoms with Gasteiger partial charge in [-0.1, -0.05) is 45.9 Å². The van der Waals surface area contributed by atoms with E-state index in [2.05, 4.69) is 36.2 Å². The lowest BCUT2D eigenvalue weighted by Gasteiger charge is -2.06. The van der Waals surface area contributed by atoms with Gasteiger partial charge >= 0.3 is 0 Å². The van der Waals surface area contributed by atoms with Gasteiger partial charge in [-0.2, -0.15) is 0 Å². The van der Waals surface area contributed by atoms with Crippen LogP contribution in [0.25, 0.3) is 0 Å². The van der Waals surface area contributed by atoms with Crippen LogP contribution in [0.4, 0.5) is 0 Å². The van der Waals surface area contributed by atoms with Crippen LogP contribution in [-0.4, -0.2) is 11.8 Å². The molecule has 0 aromatic heterocycles. The summed E-state index contributed by atoms with van der Waals surface area (Å²) in [6.45, 7) is 10.2. The molecular formula is C13H23N. The van der Waals surface area contributed by atoms with Crippen molar-refractivity contribution < 1.29 is 0 Å². The monoisotopic (exact) mass is 193 g/mol. The molecule has 2 atom stereocenters. The predicted molar refractivity (Wildman–Crippen MR) is 66.0 cm³/mol. The number of allylic oxidation sites excluding steroid dienone is 4. The summed E-state index contributed by atoms with van der Waals surface area (Å²) < 4.78 is 0. The van der Waals surface area contributed by atoms with E-state index in [-0.39, 0.29) is 0 Å². The minimum atomic E-state index is 0.535. The Balaban J connectivity index is 0.000000379. The van der Waals surface area contributed by atoms with Crippen molar-refractivity contribution in [1.82, 2.24) is 0 Å². The Hall–Kier alpha value is -0.850. The molecule has 0 bridgehead atoms. The fourth-order valence-corrected chi connectivity index (χ4v) is 1.59. The average molecular weight is 193 g/mol. The fraction of sp³-hybridized carbons (Fsp3) is 0.615. The highest BCUT2D eigenvalue weighted by Gasteiger charge is 2.22. The smallest absolute Gasteiger partial charge is 0.0484 e. The maximum absolute atomic E-state index is 4.49. The first-order valence-electron chi connectivity index (χ1n) is 5.79. The molecule has 14 heavy (non-hydrogen) atoms. The van der Waals surface area contributed by atoms with Crippen molar-refractivity contribution in [1.29, 1.82) is 0 Å². The second kappa shape index (κ2) is 7.54. The zero-order chi connectivity index (χ0) is 11.0. The molecule has 0 aromatic rings. The van der Waals surface area contributed by atoms with Gasteiger partial charge in [0, 0.05) is 17.7 Å². The van der Waals surface area contributed by atoms with E-state index in [4.69, 9.17) is 0 Å². The van der Waals surface area contributed by atoms with Crippen LogP contribution in [0.5, 0.6) is 0 Å². The summed E-state index contributed by atoms with van der Waals surface area (Å²) in [5.74, 6) is 0.625. The second-order valence-electron chi connectivity index (χ2n) is 2.99. The van der Waals surface area contributed by atoms with Crippen LogP contribution in [0.3, 0.4) is 0 Å². The van der Waals surface area contributed by atoms with E-state index in [0.717, 1.165) is 0 Å². The molecule has 2 aliphatic rings. The molecule has 0 aromatic carbocycles. The predicted octanol–water partition coefficient (Wildman–Crippen LogP) is 4.01. The number of nitrogens with zero attached hydrogens (tertiary/aromatic N) is 1. The summed E-state index contributed by atoms with van der Waals surface area (Å²) in [6.07, 6.45) is 9.74. The molecule has 1 nitrogen and oxygen atoms in total. The third-order valence-corrected chi connectivity index (χ3v) is 2.07. The molecule has 0 saturated heterocycles. The van der Waals surface area contributed by atoms with Crippen LogP contribution in [-0.2, 0) is 0 Å². The Bertz CT molecular complexity index is 223. The van der Waals surface area contributed by atoms with Gasteiger partial charge in [-0.05, 0) is 19.4 Å². The van der Waals surface area contributed by atoms with E-state index in [9.17, 15) is 0 Å². The summed E-state index contributed by atoms with van der Waals surface area (Å²) in [4.78, 5) is 4.49. The van der Waals surface area contributed by atoms with Crippen molar-refractivity contribution in [3.8, 4) is 0 Å². The van der Waals surface area contributed by atoms with Crippen LogP contribution in [0, 0.1) is 5.92 Å². The van der Waals surface area contributed by atoms with Crippen molar-refractivity contribution in [2.24, 2.45) is 10.9 Å². The Morgan fingerprint density at radius 2 is 1.79 bits per heavy atom. The van der Waals surface area contributed by atoms with E-state index in [1.165, 1.54) is 12.1 Å². The maximum Gasteiger partial charge on any atom is 0.0484 e. The second-order valence-corrected chi connectivity index (χ2v) is 2.99. The van der Waals surface area contributed by atoms with Crippen LogP contribution in [0.15, 0.2) is 29.3 Å². The lowest BCUT2D eigenvalue weighted by Crippen LogP contribution is -2.06. The molecule has 1 heterocycles. The van der Waals surface area contributed by atoms with Crippen LogP contribution in [0.1, 0.15) is 41.0 Å². The zero-order valence-electron chi connectivity index (χ0n) is 10.1. The van der Waals surface area contributed by atoms with Gasteiger partial charge in [-0.25, -0.2) is 0 Å². The summed E-state index contributed by atoms with van der Waals surface area (Å²) in [5.41, 5.74) is 1.27. The fourth-order valence-electron chi connectivity index (χ4n) is 1.59. The largest absolute Gasteiger partial charge is 0.286 e. The lowest BCUT2D eigenvalue weighted by atomic mass is 9.96. The molecule has 1 heteroatoms. The van der Waals surface area contributed by atoms with Gasteiger partial charge in [0.05, 0.1) is 0 Å². The van der Waals surface area contributed by atoms with Crippen molar-refractivity contribution in [2.75, 3.05) is 0 Å². The van der Waals surface area contributed by atoms with Crippen molar-refractivity contribution in [2.45, 2.75) is 47.1 Å². The highest BCUT2D eigenvalue weighted by molar-refractivity contribution is 6.00. The number of rotatable bonds is 0. The first-order chi connectivity index (χ1) is 6.86. The number of aliphatic imine (C=N–C) groups is 1. The Morgan fingerprint density at radius 1 is 1.14 bits per heavy atom. The molecule has 0 fully saturated rings. The molecule has 0 N–H and O–H groups in total. The molecule has 1 aliphatic heterocycles. The Kier molecular flexibility index (Phi) is 7.09. The normalized spacial score (nSPS) is 26.5. The third kappa shape index (κ3) is 3.49. The molecule has 80 valence electrons. The molecule has 0 radical (unpaired) electrons. The van der Waals surface area contributed by atoms with Gasteiger partial charge in [0.1, 0.15) is 0 Å². The highest BCUT2D eigenvalue weighted by atomic mass is 14.8. The molecular weight excluding hydrogens is 170 g/mol. The van der Waals surface area contributed by atoms with Gasteiger partial charge < -0.3 is 0 Å². The third-order valence-electron chi connectivity index (χ3n) is 2.07. The lowest BCUT2D eigenvalue weighted by molar-refractivity contribution is 0.677. The van der Waals surface area contributed by atoms with Gasteiger partial charge in [-0.15, -0.1) is 0 Å². The van der Waals surface area contributed by atoms with E-state index in [0.29, 0.717) is 12.0 Å². The summed E-state index contributed by atoms with van der Waals surface area (Å²) >= 11 is 0. The molecule has 0 amide bonds. The van der Waals surface area contributed by atoms with Crippen molar-refractivity contribution in [3.63, 3.8) is 0 Å². The minimum Gasteiger partial charge on any atom is -0.286 e. The minimum absolute atomic E-state index is 0.535. The Labute approximate surface area is 88.6 Å². The van der Waals surface area contributed by atoms with Crippen molar-refractivity contribution >= 4 is 5.71 Å². The van der Waals surface area contributed by atoms with Crippen LogP contribution < -0.4 is 0 Å². The molecule has 0 spiro atoms. The summed E-state index contributed by atoms with van der Waals surface area (Å²) in [6, 6.07) is 0.535. The van der Waals surface area contributed by atoms with Gasteiger partial charge in [0.25, 0.3) is 0 Å². The van der Waals surface area contributed by atoms with E-state index < -0.39 is 0 Å². The van der Waals surface area contributed by atoms with Gasteiger partial charge in [0.2, 0.25) is 0 Å². The summed E-state index contributed by atoms with van der Waals surface area (Å²) in [5, 5.41) is 0. The van der Waals surface area contributed by atoms with E-state index >= 15 is 0 Å².